The number of nitrogens with zero attached hydrogens (tertiary/aromatic N) is 3. The first-order chi connectivity index (χ1) is 28.3. The summed E-state index contributed by atoms with van der Waals surface area (Å²) < 4.78 is 2.44. The Labute approximate surface area is 333 Å². The van der Waals surface area contributed by atoms with Crippen molar-refractivity contribution in [2.24, 2.45) is 0 Å². The van der Waals surface area contributed by atoms with Crippen LogP contribution in [0, 0.1) is 12.1 Å². The van der Waals surface area contributed by atoms with Crippen LogP contribution >= 0.6 is 0 Å². The highest BCUT2D eigenvalue weighted by molar-refractivity contribution is 5.98. The molecule has 3 nitrogen and oxygen atoms in total. The summed E-state index contributed by atoms with van der Waals surface area (Å²) in [6.45, 7) is 0. The van der Waals surface area contributed by atoms with Gasteiger partial charge in [-0.05, 0) is 101 Å². The van der Waals surface area contributed by atoms with Crippen LogP contribution < -0.4 is 0 Å². The van der Waals surface area contributed by atoms with Crippen molar-refractivity contribution in [3.8, 4) is 50.6 Å². The maximum absolute atomic E-state index is 5.47. The number of hydrogen-bond donors (Lipinski definition) is 0. The quantitative estimate of drug-likeness (QED) is 0.171. The van der Waals surface area contributed by atoms with Gasteiger partial charge in [0.1, 0.15) is 0 Å². The summed E-state index contributed by atoms with van der Waals surface area (Å²) in [4.78, 5) is 10.9. The number of benzene rings is 6. The Morgan fingerprint density at radius 3 is 2.02 bits per heavy atom. The number of hydrogen-bond acceptors (Lipinski definition) is 2. The Bertz CT molecular complexity index is 2960. The third-order valence-electron chi connectivity index (χ3n) is 12.1. The molecule has 0 spiro atoms. The minimum atomic E-state index is 0.229. The van der Waals surface area contributed by atoms with Crippen LogP contribution in [0.25, 0.3) is 78.5 Å². The van der Waals surface area contributed by atoms with Gasteiger partial charge in [0.15, 0.2) is 5.82 Å². The Kier molecular flexibility index (Phi) is 8.14. The molecular formula is C54H39N3. The molecule has 11 rings (SSSR count). The molecular weight excluding hydrogens is 691 g/mol. The zero-order valence-electron chi connectivity index (χ0n) is 31.6. The smallest absolute Gasteiger partial charge is 0.160 e. The standard InChI is InChI=1S/C54H39N3/c1-4-15-36(16-5-1)40-19-14-20-41(33-40)37-27-29-39(30-28-37)54-55-52(38-17-6-2-7-18-38)49-35-48(44-23-10-11-25-47(44)53(49)56-54)42-31-32-46-45-24-12-13-26-50(45)57(51(46)34-42)43-21-8-3-9-22-43/h1-2,4-8,12-22,24,26-33,35,42H,10-11,23,25,34H2. The summed E-state index contributed by atoms with van der Waals surface area (Å²) in [7, 11) is 0. The van der Waals surface area contributed by atoms with Crippen molar-refractivity contribution in [2.45, 2.75) is 38.0 Å². The van der Waals surface area contributed by atoms with Crippen LogP contribution in [-0.4, -0.2) is 14.5 Å². The molecule has 7 aromatic carbocycles. The summed E-state index contributed by atoms with van der Waals surface area (Å²) in [6.07, 6.45) is 10.2. The number of para-hydroxylation sites is 1. The van der Waals surface area contributed by atoms with E-state index >= 15 is 0 Å². The lowest BCUT2D eigenvalue weighted by Gasteiger charge is -2.28. The second kappa shape index (κ2) is 13.9. The molecule has 0 aliphatic heterocycles. The topological polar surface area (TPSA) is 30.7 Å². The number of fused-ring (bicyclic) bond motifs is 6. The van der Waals surface area contributed by atoms with Gasteiger partial charge in [0.05, 0.1) is 22.4 Å². The average Bonchev–Trinajstić information content (AvgIpc) is 3.63. The molecule has 3 heteroatoms. The third kappa shape index (κ3) is 5.85. The van der Waals surface area contributed by atoms with Gasteiger partial charge in [-0.1, -0.05) is 146 Å². The van der Waals surface area contributed by atoms with E-state index in [1.807, 2.05) is 6.07 Å². The van der Waals surface area contributed by atoms with Crippen molar-refractivity contribution < 1.29 is 0 Å². The van der Waals surface area contributed by atoms with Crippen LogP contribution in [0.5, 0.6) is 0 Å². The second-order valence-electron chi connectivity index (χ2n) is 15.4. The monoisotopic (exact) mass is 729 g/mol. The van der Waals surface area contributed by atoms with Crippen molar-refractivity contribution in [1.82, 2.24) is 14.5 Å². The van der Waals surface area contributed by atoms with Gasteiger partial charge in [-0.2, -0.15) is 0 Å². The van der Waals surface area contributed by atoms with E-state index in [0.717, 1.165) is 58.5 Å². The van der Waals surface area contributed by atoms with E-state index in [9.17, 15) is 0 Å². The predicted molar refractivity (Wildman–Crippen MR) is 234 cm³/mol. The van der Waals surface area contributed by atoms with Gasteiger partial charge >= 0.3 is 0 Å². The molecule has 270 valence electrons. The zero-order chi connectivity index (χ0) is 37.7. The molecule has 0 saturated carbocycles. The maximum Gasteiger partial charge on any atom is 0.160 e. The summed E-state index contributed by atoms with van der Waals surface area (Å²) in [6, 6.07) is 62.5. The lowest BCUT2D eigenvalue weighted by molar-refractivity contribution is 0.670. The molecule has 0 N–H and O–H groups in total. The molecule has 2 heterocycles. The molecule has 0 fully saturated rings. The molecule has 0 amide bonds. The predicted octanol–water partition coefficient (Wildman–Crippen LogP) is 13.1. The van der Waals surface area contributed by atoms with Gasteiger partial charge in [-0.15, -0.1) is 0 Å². The Hall–Kier alpha value is -7.02. The summed E-state index contributed by atoms with van der Waals surface area (Å²) in [5, 5.41) is 2.43. The fourth-order valence-corrected chi connectivity index (χ4v) is 9.34. The molecule has 2 aliphatic rings. The molecule has 9 aromatic rings. The first-order valence-electron chi connectivity index (χ1n) is 20.1. The lowest BCUT2D eigenvalue weighted by atomic mass is 9.78. The van der Waals surface area contributed by atoms with E-state index in [1.54, 1.807) is 0 Å². The van der Waals surface area contributed by atoms with Gasteiger partial charge in [-0.3, -0.25) is 0 Å². The molecule has 2 aromatic heterocycles. The fraction of sp³-hybridized carbons (Fsp3) is 0.111. The maximum atomic E-state index is 5.47. The van der Waals surface area contributed by atoms with Crippen LogP contribution in [0.4, 0.5) is 0 Å². The average molecular weight is 730 g/mol. The van der Waals surface area contributed by atoms with Crippen LogP contribution in [0.3, 0.4) is 0 Å². The molecule has 2 aliphatic carbocycles. The molecule has 57 heavy (non-hydrogen) atoms. The summed E-state index contributed by atoms with van der Waals surface area (Å²) in [5.74, 6) is 1.00. The van der Waals surface area contributed by atoms with Crippen molar-refractivity contribution in [1.29, 1.82) is 0 Å². The normalized spacial score (nSPS) is 14.6. The van der Waals surface area contributed by atoms with Crippen molar-refractivity contribution in [2.75, 3.05) is 0 Å². The molecule has 0 bridgehead atoms. The highest BCUT2D eigenvalue weighted by Crippen LogP contribution is 2.44. The van der Waals surface area contributed by atoms with Gasteiger partial charge < -0.3 is 4.57 Å². The highest BCUT2D eigenvalue weighted by Gasteiger charge is 2.29. The number of aromatic nitrogens is 3. The van der Waals surface area contributed by atoms with E-state index < -0.39 is 0 Å². The second-order valence-corrected chi connectivity index (χ2v) is 15.4. The van der Waals surface area contributed by atoms with E-state index in [4.69, 9.17) is 9.97 Å². The van der Waals surface area contributed by atoms with E-state index in [0.29, 0.717) is 0 Å². The first-order valence-corrected chi connectivity index (χ1v) is 20.1. The van der Waals surface area contributed by atoms with E-state index in [1.165, 1.54) is 73.9 Å². The minimum absolute atomic E-state index is 0.229. The highest BCUT2D eigenvalue weighted by atomic mass is 15.0. The molecule has 1 unspecified atom stereocenters. The van der Waals surface area contributed by atoms with E-state index in [2.05, 4.69) is 181 Å². The number of rotatable bonds is 6. The van der Waals surface area contributed by atoms with E-state index in [-0.39, 0.29) is 5.92 Å². The Balaban J connectivity index is 1.03. The number of allylic oxidation sites excluding steroid dienone is 1. The van der Waals surface area contributed by atoms with Crippen LogP contribution in [0.2, 0.25) is 0 Å². The largest absolute Gasteiger partial charge is 0.312 e. The van der Waals surface area contributed by atoms with Crippen LogP contribution in [-0.2, 0) is 19.3 Å². The zero-order valence-corrected chi connectivity index (χ0v) is 31.6. The third-order valence-corrected chi connectivity index (χ3v) is 12.1. The molecule has 0 radical (unpaired) electrons. The Morgan fingerprint density at radius 2 is 1.25 bits per heavy atom. The summed E-state index contributed by atoms with van der Waals surface area (Å²) >= 11 is 0. The van der Waals surface area contributed by atoms with Crippen molar-refractivity contribution in [3.05, 3.63) is 204 Å². The summed E-state index contributed by atoms with van der Waals surface area (Å²) in [5.41, 5.74) is 18.4. The van der Waals surface area contributed by atoms with Crippen molar-refractivity contribution in [3.63, 3.8) is 0 Å². The van der Waals surface area contributed by atoms with Crippen LogP contribution in [0.15, 0.2) is 164 Å². The first kappa shape index (κ1) is 33.3. The van der Waals surface area contributed by atoms with Crippen LogP contribution in [0.1, 0.15) is 46.7 Å². The molecule has 0 saturated heterocycles. The van der Waals surface area contributed by atoms with Crippen molar-refractivity contribution >= 4 is 27.9 Å². The van der Waals surface area contributed by atoms with Gasteiger partial charge in [0.2, 0.25) is 0 Å². The lowest BCUT2D eigenvalue weighted by Crippen LogP contribution is -2.15. The van der Waals surface area contributed by atoms with Gasteiger partial charge in [-0.25, -0.2) is 9.97 Å². The van der Waals surface area contributed by atoms with Gasteiger partial charge in [0.25, 0.3) is 0 Å². The molecule has 1 atom stereocenters. The fourth-order valence-electron chi connectivity index (χ4n) is 9.34. The SMILES string of the molecule is c1ccc(-n2c3c(c4ccccc42)C=CC(c2cc4c(-c5ccccc5)nc(-c5ccc(-c6cccc(-c7ccccc7)c6)cc5)nc4c4c2CCCC4)C3)cc#1. The van der Waals surface area contributed by atoms with Gasteiger partial charge in [0, 0.05) is 45.1 Å². The minimum Gasteiger partial charge on any atom is -0.312 e. The number of aryl methyl sites for hydroxylation is 1. The Morgan fingerprint density at radius 1 is 0.561 bits per heavy atom.